The van der Waals surface area contributed by atoms with E-state index in [1.807, 2.05) is 51.1 Å². The van der Waals surface area contributed by atoms with Crippen LogP contribution >= 0.6 is 0 Å². The predicted octanol–water partition coefficient (Wildman–Crippen LogP) is 3.63. The summed E-state index contributed by atoms with van der Waals surface area (Å²) in [6.45, 7) is 7.38. The molecule has 0 spiro atoms. The van der Waals surface area contributed by atoms with Gasteiger partial charge >= 0.3 is 0 Å². The minimum atomic E-state index is -1.07. The minimum absolute atomic E-state index is 0.0122. The van der Waals surface area contributed by atoms with Crippen LogP contribution < -0.4 is 21.3 Å². The topological polar surface area (TPSA) is 167 Å². The summed E-state index contributed by atoms with van der Waals surface area (Å²) < 4.78 is 0. The van der Waals surface area contributed by atoms with E-state index in [1.165, 1.54) is 6.92 Å². The lowest BCUT2D eigenvalue weighted by atomic mass is 9.83. The Morgan fingerprint density at radius 2 is 1.58 bits per heavy atom. The Morgan fingerprint density at radius 3 is 2.21 bits per heavy atom. The largest absolute Gasteiger partial charge is 0.345 e. The first kappa shape index (κ1) is 40.2. The number of nitrogens with zero attached hydrogens (tertiary/aromatic N) is 2. The summed E-state index contributed by atoms with van der Waals surface area (Å²) in [6.07, 6.45) is 10.5. The zero-order chi connectivity index (χ0) is 37.6. The maximum Gasteiger partial charge on any atom is 0.289 e. The molecule has 1 aliphatic carbocycles. The van der Waals surface area contributed by atoms with Crippen molar-refractivity contribution < 1.29 is 28.8 Å². The maximum atomic E-state index is 14.5. The number of rotatable bonds is 17. The second-order valence-corrected chi connectivity index (χ2v) is 14.7. The molecule has 1 aromatic carbocycles. The number of hydrogen-bond acceptors (Lipinski definition) is 7. The Labute approximate surface area is 307 Å². The summed E-state index contributed by atoms with van der Waals surface area (Å²) in [5, 5.41) is 11.3. The van der Waals surface area contributed by atoms with E-state index in [0.29, 0.717) is 19.4 Å². The van der Waals surface area contributed by atoms with Gasteiger partial charge in [0.15, 0.2) is 0 Å². The van der Waals surface area contributed by atoms with Crippen molar-refractivity contribution in [3.8, 4) is 0 Å². The van der Waals surface area contributed by atoms with Crippen molar-refractivity contribution in [3.05, 3.63) is 66.0 Å². The Balaban J connectivity index is 1.52. The molecule has 5 unspecified atom stereocenters. The minimum Gasteiger partial charge on any atom is -0.345 e. The first-order valence-corrected chi connectivity index (χ1v) is 18.9. The van der Waals surface area contributed by atoms with Crippen molar-refractivity contribution in [3.63, 3.8) is 0 Å². The summed E-state index contributed by atoms with van der Waals surface area (Å²) in [6, 6.07) is 9.81. The van der Waals surface area contributed by atoms with Gasteiger partial charge in [0, 0.05) is 32.4 Å². The molecule has 5 amide bonds. The van der Waals surface area contributed by atoms with Crippen LogP contribution in [0.1, 0.15) is 96.6 Å². The Hall–Kier alpha value is -4.61. The van der Waals surface area contributed by atoms with E-state index in [-0.39, 0.29) is 42.5 Å². The Morgan fingerprint density at radius 1 is 0.885 bits per heavy atom. The van der Waals surface area contributed by atoms with Crippen molar-refractivity contribution >= 4 is 35.3 Å². The molecule has 52 heavy (non-hydrogen) atoms. The molecule has 1 aromatic heterocycles. The smallest absolute Gasteiger partial charge is 0.289 e. The predicted molar refractivity (Wildman–Crippen MR) is 197 cm³/mol. The number of amides is 5. The van der Waals surface area contributed by atoms with E-state index in [2.05, 4.69) is 26.3 Å². The molecule has 5 atom stereocenters. The van der Waals surface area contributed by atoms with Crippen LogP contribution in [0.2, 0.25) is 0 Å². The standard InChI is InChI=1S/C40H56N6O6/c1-5-12-32(36(48)39(51)42-24-29-19-21-41-22-20-29)44-37(49)33-23-30(18-17-28-13-8-6-9-14-28)25-46(33)40(52)34(26(2)3)45-38(50)35(43-27(4)47)31-15-10-7-11-16-31/h6,8-9,13-14,19-22,26,30-35H,5,7,10-12,15-18,23-25H2,1-4H3,(H,42,51)(H,43,47)(H,44,49)(H,45,50). The summed E-state index contributed by atoms with van der Waals surface area (Å²) in [5.41, 5.74) is 1.93. The maximum absolute atomic E-state index is 14.5. The van der Waals surface area contributed by atoms with Crippen molar-refractivity contribution in [2.24, 2.45) is 17.8 Å². The first-order valence-electron chi connectivity index (χ1n) is 18.9. The Bertz CT molecular complexity index is 1510. The molecule has 1 saturated carbocycles. The zero-order valence-corrected chi connectivity index (χ0v) is 31.1. The fraction of sp³-hybridized carbons (Fsp3) is 0.575. The van der Waals surface area contributed by atoms with Crippen molar-refractivity contribution in [1.82, 2.24) is 31.2 Å². The average molecular weight is 717 g/mol. The monoisotopic (exact) mass is 716 g/mol. The van der Waals surface area contributed by atoms with E-state index in [9.17, 15) is 28.8 Å². The average Bonchev–Trinajstić information content (AvgIpc) is 3.59. The van der Waals surface area contributed by atoms with Crippen LogP contribution in [-0.2, 0) is 41.7 Å². The van der Waals surface area contributed by atoms with E-state index in [0.717, 1.165) is 56.1 Å². The summed E-state index contributed by atoms with van der Waals surface area (Å²) in [5.74, 6) is -3.50. The summed E-state index contributed by atoms with van der Waals surface area (Å²) >= 11 is 0. The summed E-state index contributed by atoms with van der Waals surface area (Å²) in [7, 11) is 0. The van der Waals surface area contributed by atoms with E-state index in [1.54, 1.807) is 29.4 Å². The number of likely N-dealkylation sites (tertiary alicyclic amines) is 1. The molecule has 0 radical (unpaired) electrons. The number of benzene rings is 1. The lowest BCUT2D eigenvalue weighted by molar-refractivity contribution is -0.144. The SMILES string of the molecule is CCCC(NC(=O)C1CC(CCc2ccccc2)CN1C(=O)C(NC(=O)C(NC(C)=O)C1CCCCC1)C(C)C)C(=O)C(=O)NCc1ccncc1. The molecule has 2 fully saturated rings. The van der Waals surface area contributed by atoms with Crippen LogP contribution in [0, 0.1) is 17.8 Å². The zero-order valence-electron chi connectivity index (χ0n) is 31.1. The van der Waals surface area contributed by atoms with Crippen LogP contribution in [0.15, 0.2) is 54.9 Å². The molecule has 2 aromatic rings. The van der Waals surface area contributed by atoms with Gasteiger partial charge in [-0.25, -0.2) is 0 Å². The molecular weight excluding hydrogens is 660 g/mol. The number of hydrogen-bond donors (Lipinski definition) is 4. The molecule has 4 rings (SSSR count). The fourth-order valence-corrected chi connectivity index (χ4v) is 7.41. The third kappa shape index (κ3) is 11.4. The Kier molecular flexibility index (Phi) is 15.3. The number of Topliss-reactive ketones (excluding diaryl/α,β-unsaturated/α-hetero) is 1. The number of ketones is 1. The van der Waals surface area contributed by atoms with Gasteiger partial charge in [-0.3, -0.25) is 33.8 Å². The highest BCUT2D eigenvalue weighted by atomic mass is 16.2. The van der Waals surface area contributed by atoms with Gasteiger partial charge in [0.25, 0.3) is 5.91 Å². The van der Waals surface area contributed by atoms with Crippen LogP contribution in [0.5, 0.6) is 0 Å². The molecule has 1 saturated heterocycles. The number of aryl methyl sites for hydroxylation is 1. The molecular formula is C40H56N6O6. The second kappa shape index (κ2) is 19.8. The number of pyridine rings is 1. The van der Waals surface area contributed by atoms with Crippen molar-refractivity contribution in [1.29, 1.82) is 0 Å². The van der Waals surface area contributed by atoms with Gasteiger partial charge < -0.3 is 26.2 Å². The molecule has 12 heteroatoms. The van der Waals surface area contributed by atoms with Gasteiger partial charge in [-0.1, -0.05) is 76.8 Å². The molecule has 1 aliphatic heterocycles. The number of nitrogens with one attached hydrogen (secondary N) is 4. The van der Waals surface area contributed by atoms with E-state index >= 15 is 0 Å². The lowest BCUT2D eigenvalue weighted by Gasteiger charge is -2.34. The van der Waals surface area contributed by atoms with Gasteiger partial charge in [-0.15, -0.1) is 0 Å². The van der Waals surface area contributed by atoms with Gasteiger partial charge in [0.2, 0.25) is 29.4 Å². The number of carbonyl (C=O) groups is 6. The molecule has 2 heterocycles. The van der Waals surface area contributed by atoms with Crippen LogP contribution in [-0.4, -0.2) is 75.9 Å². The van der Waals surface area contributed by atoms with Gasteiger partial charge in [-0.05, 0) is 79.5 Å². The molecule has 282 valence electrons. The highest BCUT2D eigenvalue weighted by Crippen LogP contribution is 2.30. The molecule has 4 N–H and O–H groups in total. The highest BCUT2D eigenvalue weighted by molar-refractivity contribution is 6.38. The quantitative estimate of drug-likeness (QED) is 0.182. The first-order chi connectivity index (χ1) is 25.0. The van der Waals surface area contributed by atoms with Gasteiger partial charge in [0.1, 0.15) is 18.1 Å². The second-order valence-electron chi connectivity index (χ2n) is 14.7. The lowest BCUT2D eigenvalue weighted by Crippen LogP contribution is -2.60. The normalized spacial score (nSPS) is 19.3. The molecule has 2 aliphatic rings. The third-order valence-corrected chi connectivity index (χ3v) is 10.3. The van der Waals surface area contributed by atoms with Crippen molar-refractivity contribution in [2.75, 3.05) is 6.54 Å². The van der Waals surface area contributed by atoms with Gasteiger partial charge in [0.05, 0.1) is 6.04 Å². The number of aromatic nitrogens is 1. The molecule has 0 bridgehead atoms. The van der Waals surface area contributed by atoms with Crippen LogP contribution in [0.25, 0.3) is 0 Å². The molecule has 12 nitrogen and oxygen atoms in total. The summed E-state index contributed by atoms with van der Waals surface area (Å²) in [4.78, 5) is 86.3. The van der Waals surface area contributed by atoms with Crippen molar-refractivity contribution in [2.45, 2.75) is 123 Å². The van der Waals surface area contributed by atoms with Gasteiger partial charge in [-0.2, -0.15) is 0 Å². The highest BCUT2D eigenvalue weighted by Gasteiger charge is 2.44. The number of carbonyl (C=O) groups excluding carboxylic acids is 6. The van der Waals surface area contributed by atoms with E-state index < -0.39 is 47.7 Å². The van der Waals surface area contributed by atoms with Crippen LogP contribution in [0.4, 0.5) is 0 Å². The van der Waals surface area contributed by atoms with Crippen LogP contribution in [0.3, 0.4) is 0 Å². The third-order valence-electron chi connectivity index (χ3n) is 10.3. The van der Waals surface area contributed by atoms with E-state index in [4.69, 9.17) is 0 Å². The fourth-order valence-electron chi connectivity index (χ4n) is 7.41.